The fraction of sp³-hybridized carbons (Fsp3) is 0.133. The molecule has 4 nitrogen and oxygen atoms in total. The molecule has 0 saturated heterocycles. The van der Waals surface area contributed by atoms with E-state index in [0.29, 0.717) is 24.1 Å². The Bertz CT molecular complexity index is 857. The molecule has 0 aliphatic rings. The van der Waals surface area contributed by atoms with E-state index >= 15 is 0 Å². The predicted molar refractivity (Wildman–Crippen MR) is 79.3 cm³/mol. The maximum atomic E-state index is 13.8. The molecule has 0 fully saturated rings. The Balaban J connectivity index is 2.06. The smallest absolute Gasteiger partial charge is 0.252 e. The molecule has 2 aromatic heterocycles. The first-order valence-electron chi connectivity index (χ1n) is 6.89. The Labute approximate surface area is 138 Å². The summed E-state index contributed by atoms with van der Waals surface area (Å²) in [7, 11) is 0. The van der Waals surface area contributed by atoms with Crippen molar-refractivity contribution in [2.75, 3.05) is 0 Å². The highest BCUT2D eigenvalue weighted by molar-refractivity contribution is 7.99. The Hall–Kier alpha value is -2.42. The number of aromatic nitrogens is 4. The molecule has 3 rings (SSSR count). The van der Waals surface area contributed by atoms with Gasteiger partial charge in [0.2, 0.25) is 0 Å². The monoisotopic (exact) mass is 354 g/mol. The van der Waals surface area contributed by atoms with Crippen LogP contribution in [-0.2, 0) is 6.54 Å². The summed E-state index contributed by atoms with van der Waals surface area (Å²) in [4.78, 5) is 1.69. The third-order valence-corrected chi connectivity index (χ3v) is 4.26. The average Bonchev–Trinajstić information content (AvgIpc) is 3.00. The molecule has 0 aliphatic carbocycles. The minimum absolute atomic E-state index is 0.110. The van der Waals surface area contributed by atoms with Crippen molar-refractivity contribution in [3.63, 3.8) is 0 Å². The molecule has 9 heteroatoms. The van der Waals surface area contributed by atoms with Gasteiger partial charge in [0.15, 0.2) is 22.6 Å². The van der Waals surface area contributed by atoms with Crippen molar-refractivity contribution in [2.24, 2.45) is 0 Å². The minimum Gasteiger partial charge on any atom is -0.302 e. The fourth-order valence-corrected chi connectivity index (χ4v) is 3.04. The van der Waals surface area contributed by atoms with Gasteiger partial charge in [-0.2, -0.15) is 13.8 Å². The molecule has 0 amide bonds. The normalized spacial score (nSPS) is 11.0. The fourth-order valence-electron chi connectivity index (χ4n) is 2.10. The van der Waals surface area contributed by atoms with E-state index in [4.69, 9.17) is 0 Å². The Kier molecular flexibility index (Phi) is 4.52. The van der Waals surface area contributed by atoms with Gasteiger partial charge in [0.1, 0.15) is 0 Å². The quantitative estimate of drug-likeness (QED) is 0.523. The lowest BCUT2D eigenvalue weighted by Gasteiger charge is -2.08. The summed E-state index contributed by atoms with van der Waals surface area (Å²) in [5.74, 6) is -6.06. The molecule has 3 aromatic rings. The second-order valence-corrected chi connectivity index (χ2v) is 5.65. The lowest BCUT2D eigenvalue weighted by molar-refractivity contribution is 0.383. The van der Waals surface area contributed by atoms with E-state index in [9.17, 15) is 17.6 Å². The van der Waals surface area contributed by atoms with Crippen molar-refractivity contribution in [3.8, 4) is 11.4 Å². The first kappa shape index (κ1) is 16.4. The molecule has 0 atom stereocenters. The first-order valence-corrected chi connectivity index (χ1v) is 7.71. The van der Waals surface area contributed by atoms with Crippen LogP contribution in [-0.4, -0.2) is 19.7 Å². The van der Waals surface area contributed by atoms with Gasteiger partial charge >= 0.3 is 0 Å². The van der Waals surface area contributed by atoms with Crippen molar-refractivity contribution in [1.82, 2.24) is 19.7 Å². The highest BCUT2D eigenvalue weighted by atomic mass is 32.2. The van der Waals surface area contributed by atoms with Crippen LogP contribution in [0.15, 0.2) is 40.4 Å². The van der Waals surface area contributed by atoms with Gasteiger partial charge in [0.25, 0.3) is 11.9 Å². The largest absolute Gasteiger partial charge is 0.302 e. The summed E-state index contributed by atoms with van der Waals surface area (Å²) < 4.78 is 55.6. The standard InChI is InChI=1S/C15H10F4N4S/c1-2-23-14(8-6-4-3-5-7-8)21-22-15(23)24-11-9(16)12(18)20-13(19)10(11)17/h3-7H,2H2,1H3. The van der Waals surface area contributed by atoms with Gasteiger partial charge in [0, 0.05) is 12.1 Å². The van der Waals surface area contributed by atoms with E-state index in [0.717, 1.165) is 5.56 Å². The zero-order valence-corrected chi connectivity index (χ0v) is 13.1. The van der Waals surface area contributed by atoms with Gasteiger partial charge in [-0.25, -0.2) is 8.78 Å². The van der Waals surface area contributed by atoms with E-state index < -0.39 is 28.4 Å². The van der Waals surface area contributed by atoms with Crippen molar-refractivity contribution >= 4 is 11.8 Å². The molecule has 0 radical (unpaired) electrons. The van der Waals surface area contributed by atoms with E-state index in [1.165, 1.54) is 0 Å². The van der Waals surface area contributed by atoms with Crippen LogP contribution < -0.4 is 0 Å². The topological polar surface area (TPSA) is 43.6 Å². The molecule has 124 valence electrons. The number of nitrogens with zero attached hydrogens (tertiary/aromatic N) is 4. The molecule has 0 spiro atoms. The Morgan fingerprint density at radius 2 is 1.58 bits per heavy atom. The maximum absolute atomic E-state index is 13.8. The van der Waals surface area contributed by atoms with Crippen molar-refractivity contribution < 1.29 is 17.6 Å². The second-order valence-electron chi connectivity index (χ2n) is 4.67. The molecule has 2 heterocycles. The zero-order chi connectivity index (χ0) is 17.3. The number of hydrogen-bond donors (Lipinski definition) is 0. The van der Waals surface area contributed by atoms with Gasteiger partial charge in [0.05, 0.1) is 4.90 Å². The summed E-state index contributed by atoms with van der Waals surface area (Å²) in [6.45, 7) is 2.19. The highest BCUT2D eigenvalue weighted by Gasteiger charge is 2.24. The lowest BCUT2D eigenvalue weighted by Crippen LogP contribution is -2.04. The molecule has 24 heavy (non-hydrogen) atoms. The third-order valence-electron chi connectivity index (χ3n) is 3.22. The molecular weight excluding hydrogens is 344 g/mol. The van der Waals surface area contributed by atoms with Gasteiger partial charge < -0.3 is 4.57 Å². The minimum atomic E-state index is -1.71. The Morgan fingerprint density at radius 3 is 2.17 bits per heavy atom. The van der Waals surface area contributed by atoms with Crippen LogP contribution in [0.3, 0.4) is 0 Å². The van der Waals surface area contributed by atoms with Crippen LogP contribution in [0.2, 0.25) is 0 Å². The maximum Gasteiger partial charge on any atom is 0.252 e. The van der Waals surface area contributed by atoms with Crippen molar-refractivity contribution in [3.05, 3.63) is 53.9 Å². The van der Waals surface area contributed by atoms with Gasteiger partial charge in [-0.3, -0.25) is 0 Å². The molecule has 0 N–H and O–H groups in total. The second kappa shape index (κ2) is 6.60. The summed E-state index contributed by atoms with van der Waals surface area (Å²) in [5, 5.41) is 7.99. The van der Waals surface area contributed by atoms with Crippen LogP contribution in [0.5, 0.6) is 0 Å². The van der Waals surface area contributed by atoms with Gasteiger partial charge in [-0.05, 0) is 18.7 Å². The molecule has 0 bridgehead atoms. The van der Waals surface area contributed by atoms with Crippen molar-refractivity contribution in [2.45, 2.75) is 23.5 Å². The molecule has 1 aromatic carbocycles. The number of benzene rings is 1. The first-order chi connectivity index (χ1) is 11.5. The van der Waals surface area contributed by atoms with E-state index in [2.05, 4.69) is 15.2 Å². The molecule has 0 unspecified atom stereocenters. The number of halogens is 4. The SMILES string of the molecule is CCn1c(Sc2c(F)c(F)nc(F)c2F)nnc1-c1ccccc1. The van der Waals surface area contributed by atoms with Crippen LogP contribution in [0.4, 0.5) is 17.6 Å². The lowest BCUT2D eigenvalue weighted by atomic mass is 10.2. The van der Waals surface area contributed by atoms with Crippen LogP contribution in [0.25, 0.3) is 11.4 Å². The van der Waals surface area contributed by atoms with Crippen LogP contribution in [0, 0.1) is 23.5 Å². The Morgan fingerprint density at radius 1 is 0.958 bits per heavy atom. The predicted octanol–water partition coefficient (Wildman–Crippen LogP) is 4.07. The molecule has 0 aliphatic heterocycles. The average molecular weight is 354 g/mol. The summed E-state index contributed by atoms with van der Waals surface area (Å²) >= 11 is 0.455. The number of pyridine rings is 1. The summed E-state index contributed by atoms with van der Waals surface area (Å²) in [6.07, 6.45) is 0. The van der Waals surface area contributed by atoms with Gasteiger partial charge in [-0.15, -0.1) is 10.2 Å². The molecule has 0 saturated carbocycles. The van der Waals surface area contributed by atoms with Crippen LogP contribution in [0.1, 0.15) is 6.92 Å². The third kappa shape index (κ3) is 2.86. The van der Waals surface area contributed by atoms with E-state index in [1.807, 2.05) is 18.2 Å². The zero-order valence-electron chi connectivity index (χ0n) is 12.3. The number of hydrogen-bond acceptors (Lipinski definition) is 4. The highest BCUT2D eigenvalue weighted by Crippen LogP contribution is 2.34. The van der Waals surface area contributed by atoms with E-state index in [-0.39, 0.29) is 5.16 Å². The van der Waals surface area contributed by atoms with Crippen LogP contribution >= 0.6 is 11.8 Å². The molecular formula is C15H10F4N4S. The number of rotatable bonds is 4. The van der Waals surface area contributed by atoms with E-state index in [1.54, 1.807) is 23.6 Å². The summed E-state index contributed by atoms with van der Waals surface area (Å²) in [5.41, 5.74) is 0.756. The summed E-state index contributed by atoms with van der Waals surface area (Å²) in [6, 6.07) is 9.06. The van der Waals surface area contributed by atoms with Crippen molar-refractivity contribution in [1.29, 1.82) is 0 Å². The van der Waals surface area contributed by atoms with Gasteiger partial charge in [-0.1, -0.05) is 30.3 Å².